The van der Waals surface area contributed by atoms with Crippen molar-refractivity contribution in [2.75, 3.05) is 0 Å². The van der Waals surface area contributed by atoms with E-state index in [0.29, 0.717) is 0 Å². The lowest BCUT2D eigenvalue weighted by atomic mass is 10.0. The Morgan fingerprint density at radius 3 is 2.33 bits per heavy atom. The summed E-state index contributed by atoms with van der Waals surface area (Å²) in [5, 5.41) is 26.6. The Morgan fingerprint density at radius 1 is 1.24 bits per heavy atom. The van der Waals surface area contributed by atoms with Crippen molar-refractivity contribution in [3.05, 3.63) is 29.3 Å². The predicted molar refractivity (Wildman–Crippen MR) is 61.7 cm³/mol. The summed E-state index contributed by atoms with van der Waals surface area (Å²) < 4.78 is 40.3. The summed E-state index contributed by atoms with van der Waals surface area (Å²) in [4.78, 5) is 21.2. The molecule has 0 saturated carbocycles. The predicted octanol–water partition coefficient (Wildman–Crippen LogP) is 1.72. The molecule has 0 bridgehead atoms. The van der Waals surface area contributed by atoms with Crippen molar-refractivity contribution in [3.8, 4) is 5.75 Å². The Balaban J connectivity index is 3.13. The molecule has 0 heterocycles. The van der Waals surface area contributed by atoms with Gasteiger partial charge >= 0.3 is 18.3 Å². The number of hydrogen-bond acceptors (Lipinski definition) is 4. The highest BCUT2D eigenvalue weighted by atomic mass is 19.4. The molecule has 0 spiro atoms. The van der Waals surface area contributed by atoms with Crippen molar-refractivity contribution in [1.82, 2.24) is 0 Å². The number of benzene rings is 1. The number of carboxylic acid groups (broad SMARTS) is 2. The third-order valence-corrected chi connectivity index (χ3v) is 2.46. The van der Waals surface area contributed by atoms with Crippen LogP contribution in [0, 0.1) is 0 Å². The van der Waals surface area contributed by atoms with Crippen molar-refractivity contribution < 1.29 is 42.8 Å². The average Bonchev–Trinajstić information content (AvgIpc) is 2.34. The van der Waals surface area contributed by atoms with Crippen molar-refractivity contribution in [3.63, 3.8) is 0 Å². The lowest BCUT2D eigenvalue weighted by Crippen LogP contribution is -2.20. The van der Waals surface area contributed by atoms with Crippen LogP contribution >= 0.6 is 0 Å². The number of halogens is 3. The Hall–Kier alpha value is -2.29. The number of aryl methyl sites for hydroxylation is 1. The molecular weight excluding hydrogens is 297 g/mol. The second kappa shape index (κ2) is 6.44. The van der Waals surface area contributed by atoms with Crippen LogP contribution in [0.1, 0.15) is 23.7 Å². The van der Waals surface area contributed by atoms with Gasteiger partial charge in [0.25, 0.3) is 0 Å². The number of aliphatic hydroxyl groups is 1. The molecule has 1 unspecified atom stereocenters. The van der Waals surface area contributed by atoms with E-state index in [1.165, 1.54) is 6.07 Å². The maximum atomic E-state index is 12.2. The minimum absolute atomic E-state index is 0.0268. The topological polar surface area (TPSA) is 104 Å². The van der Waals surface area contributed by atoms with Gasteiger partial charge < -0.3 is 20.1 Å². The van der Waals surface area contributed by atoms with Crippen LogP contribution in [-0.2, 0) is 16.0 Å². The van der Waals surface area contributed by atoms with Crippen LogP contribution in [-0.4, -0.2) is 33.6 Å². The monoisotopic (exact) mass is 308 g/mol. The first-order valence-corrected chi connectivity index (χ1v) is 5.61. The molecule has 3 N–H and O–H groups in total. The standard InChI is InChI=1S/C12H11F3O6/c13-12(14,15)21-8-3-1-6(2-4-9(16)17)5-7(8)10(18)11(19)20/h1,3,5,10,18H,2,4H2,(H,16,17)(H,19,20). The number of aliphatic carboxylic acids is 2. The number of ether oxygens (including phenoxy) is 1. The fourth-order valence-corrected chi connectivity index (χ4v) is 1.57. The second-order valence-corrected chi connectivity index (χ2v) is 4.05. The van der Waals surface area contributed by atoms with E-state index >= 15 is 0 Å². The summed E-state index contributed by atoms with van der Waals surface area (Å²) in [6.45, 7) is 0. The maximum absolute atomic E-state index is 12.2. The van der Waals surface area contributed by atoms with Crippen molar-refractivity contribution in [2.45, 2.75) is 25.3 Å². The number of hydrogen-bond donors (Lipinski definition) is 3. The number of carboxylic acids is 2. The van der Waals surface area contributed by atoms with Gasteiger partial charge in [-0.15, -0.1) is 13.2 Å². The molecule has 0 amide bonds. The second-order valence-electron chi connectivity index (χ2n) is 4.05. The van der Waals surface area contributed by atoms with Crippen LogP contribution in [0.3, 0.4) is 0 Å². The molecule has 0 aliphatic carbocycles. The Morgan fingerprint density at radius 2 is 1.86 bits per heavy atom. The summed E-state index contributed by atoms with van der Waals surface area (Å²) in [7, 11) is 0. The van der Waals surface area contributed by atoms with E-state index in [1.807, 2.05) is 0 Å². The molecular formula is C12H11F3O6. The summed E-state index contributed by atoms with van der Waals surface area (Å²) in [6.07, 6.45) is -7.58. The summed E-state index contributed by atoms with van der Waals surface area (Å²) in [6, 6.07) is 2.98. The zero-order valence-electron chi connectivity index (χ0n) is 10.4. The summed E-state index contributed by atoms with van der Waals surface area (Å²) in [5.41, 5.74) is -0.329. The van der Waals surface area contributed by atoms with E-state index in [-0.39, 0.29) is 18.4 Å². The van der Waals surface area contributed by atoms with Gasteiger partial charge in [-0.2, -0.15) is 0 Å². The highest BCUT2D eigenvalue weighted by Crippen LogP contribution is 2.31. The smallest absolute Gasteiger partial charge is 0.481 e. The minimum atomic E-state index is -5.05. The first kappa shape index (κ1) is 16.8. The van der Waals surface area contributed by atoms with Gasteiger partial charge in [-0.3, -0.25) is 4.79 Å². The molecule has 0 aromatic heterocycles. The van der Waals surface area contributed by atoms with E-state index < -0.39 is 35.7 Å². The SMILES string of the molecule is O=C(O)CCc1ccc(OC(F)(F)F)c(C(O)C(=O)O)c1. The van der Waals surface area contributed by atoms with Crippen molar-refractivity contribution in [1.29, 1.82) is 0 Å². The van der Waals surface area contributed by atoms with Gasteiger partial charge in [0.05, 0.1) is 0 Å². The summed E-state index contributed by atoms with van der Waals surface area (Å²) in [5.74, 6) is -3.72. The van der Waals surface area contributed by atoms with Gasteiger partial charge in [-0.05, 0) is 24.1 Å². The van der Waals surface area contributed by atoms with Crippen LogP contribution < -0.4 is 4.74 Å². The van der Waals surface area contributed by atoms with Crippen LogP contribution in [0.2, 0.25) is 0 Å². The molecule has 9 heteroatoms. The molecule has 0 fully saturated rings. The molecule has 1 rings (SSSR count). The van der Waals surface area contributed by atoms with Crippen LogP contribution in [0.4, 0.5) is 13.2 Å². The van der Waals surface area contributed by atoms with Crippen molar-refractivity contribution in [2.24, 2.45) is 0 Å². The minimum Gasteiger partial charge on any atom is -0.481 e. The molecule has 1 atom stereocenters. The quantitative estimate of drug-likeness (QED) is 0.739. The van der Waals surface area contributed by atoms with Gasteiger partial charge in [0.1, 0.15) is 5.75 Å². The molecule has 0 aliphatic heterocycles. The molecule has 0 saturated heterocycles. The first-order chi connectivity index (χ1) is 9.60. The van der Waals surface area contributed by atoms with Gasteiger partial charge in [0.2, 0.25) is 0 Å². The van der Waals surface area contributed by atoms with Gasteiger partial charge in [-0.25, -0.2) is 4.79 Å². The molecule has 1 aromatic rings. The number of carbonyl (C=O) groups is 2. The highest BCUT2D eigenvalue weighted by molar-refractivity contribution is 5.75. The molecule has 0 aliphatic rings. The number of alkyl halides is 3. The maximum Gasteiger partial charge on any atom is 0.573 e. The zero-order valence-corrected chi connectivity index (χ0v) is 10.4. The number of rotatable bonds is 6. The van der Waals surface area contributed by atoms with Crippen molar-refractivity contribution >= 4 is 11.9 Å². The average molecular weight is 308 g/mol. The van der Waals surface area contributed by atoms with E-state index in [1.54, 1.807) is 0 Å². The van der Waals surface area contributed by atoms with Gasteiger partial charge in [-0.1, -0.05) is 6.07 Å². The van der Waals surface area contributed by atoms with E-state index in [0.717, 1.165) is 12.1 Å². The molecule has 116 valence electrons. The first-order valence-electron chi connectivity index (χ1n) is 5.61. The van der Waals surface area contributed by atoms with E-state index in [4.69, 9.17) is 10.2 Å². The van der Waals surface area contributed by atoms with Gasteiger partial charge in [0, 0.05) is 12.0 Å². The number of aliphatic hydroxyl groups excluding tert-OH is 1. The van der Waals surface area contributed by atoms with Gasteiger partial charge in [0.15, 0.2) is 6.10 Å². The van der Waals surface area contributed by atoms with Crippen LogP contribution in [0.15, 0.2) is 18.2 Å². The fourth-order valence-electron chi connectivity index (χ4n) is 1.57. The molecule has 1 aromatic carbocycles. The lowest BCUT2D eigenvalue weighted by Gasteiger charge is -2.16. The normalized spacial score (nSPS) is 12.8. The third-order valence-electron chi connectivity index (χ3n) is 2.46. The summed E-state index contributed by atoms with van der Waals surface area (Å²) >= 11 is 0. The molecule has 6 nitrogen and oxygen atoms in total. The highest BCUT2D eigenvalue weighted by Gasteiger charge is 2.34. The molecule has 21 heavy (non-hydrogen) atoms. The fraction of sp³-hybridized carbons (Fsp3) is 0.333. The third kappa shape index (κ3) is 5.30. The lowest BCUT2D eigenvalue weighted by molar-refractivity contribution is -0.275. The molecule has 0 radical (unpaired) electrons. The van der Waals surface area contributed by atoms with E-state index in [9.17, 15) is 27.9 Å². The Labute approximate surface area is 116 Å². The Kier molecular flexibility index (Phi) is 5.14. The van der Waals surface area contributed by atoms with Crippen LogP contribution in [0.5, 0.6) is 5.75 Å². The largest absolute Gasteiger partial charge is 0.573 e. The zero-order chi connectivity index (χ0) is 16.2. The Bertz CT molecular complexity index is 540. The van der Waals surface area contributed by atoms with Crippen LogP contribution in [0.25, 0.3) is 0 Å². The van der Waals surface area contributed by atoms with E-state index in [2.05, 4.69) is 4.74 Å².